The lowest BCUT2D eigenvalue weighted by Crippen LogP contribution is -1.95. The minimum absolute atomic E-state index is 0.0985. The third-order valence-electron chi connectivity index (χ3n) is 1.33. The Labute approximate surface area is 75.9 Å². The summed E-state index contributed by atoms with van der Waals surface area (Å²) < 4.78 is 10.1. The van der Waals surface area contributed by atoms with Crippen molar-refractivity contribution in [2.24, 2.45) is 0 Å². The van der Waals surface area contributed by atoms with E-state index in [4.69, 9.17) is 20.8 Å². The van der Waals surface area contributed by atoms with Crippen LogP contribution in [0.3, 0.4) is 0 Å². The zero-order valence-corrected chi connectivity index (χ0v) is 7.67. The average molecular weight is 191 g/mol. The van der Waals surface area contributed by atoms with E-state index in [1.807, 2.05) is 6.92 Å². The molecule has 0 amide bonds. The van der Waals surface area contributed by atoms with Crippen molar-refractivity contribution in [2.45, 2.75) is 19.8 Å². The minimum atomic E-state index is 0.0985. The third-order valence-corrected chi connectivity index (χ3v) is 1.48. The first-order chi connectivity index (χ1) is 5.83. The lowest BCUT2D eigenvalue weighted by molar-refractivity contribution is 0.143. The fourth-order valence-electron chi connectivity index (χ4n) is 0.804. The number of aryl methyl sites for hydroxylation is 1. The molecule has 0 N–H and O–H groups in total. The summed E-state index contributed by atoms with van der Waals surface area (Å²) in [7, 11) is 0. The monoisotopic (exact) mass is 190 g/mol. The van der Waals surface area contributed by atoms with Gasteiger partial charge in [-0.3, -0.25) is 0 Å². The van der Waals surface area contributed by atoms with Crippen LogP contribution in [0.1, 0.15) is 19.2 Å². The van der Waals surface area contributed by atoms with Crippen molar-refractivity contribution in [1.82, 2.24) is 10.2 Å². The molecule has 0 radical (unpaired) electrons. The molecule has 0 aliphatic rings. The molecule has 0 atom stereocenters. The lowest BCUT2D eigenvalue weighted by atomic mass is 10.3. The van der Waals surface area contributed by atoms with Gasteiger partial charge in [0.15, 0.2) is 0 Å². The number of aromatic nitrogens is 2. The van der Waals surface area contributed by atoms with Gasteiger partial charge in [0.1, 0.15) is 0 Å². The first kappa shape index (κ1) is 9.48. The molecular formula is C7H11ClN2O2. The number of hydrogen-bond acceptors (Lipinski definition) is 4. The second-order valence-corrected chi connectivity index (χ2v) is 2.57. The summed E-state index contributed by atoms with van der Waals surface area (Å²) >= 11 is 5.43. The molecule has 0 saturated carbocycles. The number of nitrogens with zero attached hydrogens (tertiary/aromatic N) is 2. The molecule has 4 nitrogen and oxygen atoms in total. The summed E-state index contributed by atoms with van der Waals surface area (Å²) in [5.74, 6) is 0.569. The summed E-state index contributed by atoms with van der Waals surface area (Å²) in [6.07, 6.45) is 1.60. The van der Waals surface area contributed by atoms with Gasteiger partial charge in [0.25, 0.3) is 0 Å². The maximum Gasteiger partial charge on any atom is 0.312 e. The molecule has 0 aliphatic heterocycles. The molecule has 1 aromatic heterocycles. The van der Waals surface area contributed by atoms with E-state index in [0.29, 0.717) is 5.89 Å². The fourth-order valence-corrected chi connectivity index (χ4v) is 0.931. The molecule has 1 aromatic rings. The van der Waals surface area contributed by atoms with E-state index in [0.717, 1.165) is 26.1 Å². The Bertz CT molecular complexity index is 227. The molecule has 0 aromatic carbocycles. The van der Waals surface area contributed by atoms with Crippen LogP contribution in [-0.4, -0.2) is 23.4 Å². The van der Waals surface area contributed by atoms with E-state index in [9.17, 15) is 0 Å². The van der Waals surface area contributed by atoms with Crippen molar-refractivity contribution in [3.05, 3.63) is 11.2 Å². The van der Waals surface area contributed by atoms with E-state index in [2.05, 4.69) is 10.2 Å². The van der Waals surface area contributed by atoms with E-state index < -0.39 is 0 Å². The van der Waals surface area contributed by atoms with Crippen LogP contribution in [0.2, 0.25) is 5.35 Å². The van der Waals surface area contributed by atoms with Gasteiger partial charge in [0.2, 0.25) is 5.89 Å². The summed E-state index contributed by atoms with van der Waals surface area (Å²) in [5, 5.41) is 7.33. The van der Waals surface area contributed by atoms with Gasteiger partial charge in [-0.2, -0.15) is 0 Å². The molecule has 1 heterocycles. The van der Waals surface area contributed by atoms with Gasteiger partial charge in [-0.05, 0) is 24.9 Å². The summed E-state index contributed by atoms with van der Waals surface area (Å²) in [6, 6.07) is 0. The predicted molar refractivity (Wildman–Crippen MR) is 44.1 cm³/mol. The van der Waals surface area contributed by atoms with Crippen LogP contribution in [0.15, 0.2) is 4.42 Å². The summed E-state index contributed by atoms with van der Waals surface area (Å²) in [4.78, 5) is 0. The Hall–Kier alpha value is -0.610. The lowest BCUT2D eigenvalue weighted by Gasteiger charge is -1.96. The van der Waals surface area contributed by atoms with Gasteiger partial charge in [0, 0.05) is 19.6 Å². The fraction of sp³-hybridized carbons (Fsp3) is 0.714. The highest BCUT2D eigenvalue weighted by atomic mass is 35.5. The topological polar surface area (TPSA) is 48.2 Å². The van der Waals surface area contributed by atoms with Gasteiger partial charge in [-0.15, -0.1) is 5.10 Å². The number of hydrogen-bond donors (Lipinski definition) is 0. The highest BCUT2D eigenvalue weighted by Crippen LogP contribution is 2.06. The third kappa shape index (κ3) is 3.19. The van der Waals surface area contributed by atoms with Crippen molar-refractivity contribution >= 4 is 11.6 Å². The van der Waals surface area contributed by atoms with Gasteiger partial charge in [-0.1, -0.05) is 5.10 Å². The van der Waals surface area contributed by atoms with E-state index >= 15 is 0 Å². The Morgan fingerprint density at radius 1 is 1.50 bits per heavy atom. The quantitative estimate of drug-likeness (QED) is 0.663. The highest BCUT2D eigenvalue weighted by Gasteiger charge is 2.01. The molecule has 1 rings (SSSR count). The largest absolute Gasteiger partial charge is 0.412 e. The Morgan fingerprint density at radius 2 is 2.33 bits per heavy atom. The van der Waals surface area contributed by atoms with Crippen molar-refractivity contribution in [1.29, 1.82) is 0 Å². The van der Waals surface area contributed by atoms with Crippen molar-refractivity contribution in [3.8, 4) is 0 Å². The summed E-state index contributed by atoms with van der Waals surface area (Å²) in [6.45, 7) is 3.42. The second-order valence-electron chi connectivity index (χ2n) is 2.25. The summed E-state index contributed by atoms with van der Waals surface area (Å²) in [5.41, 5.74) is 0. The smallest absolute Gasteiger partial charge is 0.312 e. The predicted octanol–water partition coefficient (Wildman–Crippen LogP) is 1.69. The van der Waals surface area contributed by atoms with Crippen LogP contribution >= 0.6 is 11.6 Å². The SMILES string of the molecule is CCOCCCc1nnc(Cl)o1. The molecule has 12 heavy (non-hydrogen) atoms. The van der Waals surface area contributed by atoms with Gasteiger partial charge in [-0.25, -0.2) is 0 Å². The molecule has 0 spiro atoms. The standard InChI is InChI=1S/C7H11ClN2O2/c1-2-11-5-3-4-6-9-10-7(8)12-6/h2-5H2,1H3. The molecule has 0 aliphatic carbocycles. The normalized spacial score (nSPS) is 10.5. The molecule has 0 bridgehead atoms. The van der Waals surface area contributed by atoms with E-state index in [1.165, 1.54) is 0 Å². The van der Waals surface area contributed by atoms with E-state index in [1.54, 1.807) is 0 Å². The zero-order valence-electron chi connectivity index (χ0n) is 6.92. The van der Waals surface area contributed by atoms with Crippen LogP contribution in [0, 0.1) is 0 Å². The van der Waals surface area contributed by atoms with Crippen LogP contribution in [0.25, 0.3) is 0 Å². The zero-order chi connectivity index (χ0) is 8.81. The Kier molecular flexibility index (Phi) is 4.04. The van der Waals surface area contributed by atoms with Gasteiger partial charge >= 0.3 is 5.35 Å². The first-order valence-corrected chi connectivity index (χ1v) is 4.26. The van der Waals surface area contributed by atoms with Crippen LogP contribution in [0.4, 0.5) is 0 Å². The minimum Gasteiger partial charge on any atom is -0.412 e. The van der Waals surface area contributed by atoms with Crippen molar-refractivity contribution < 1.29 is 9.15 Å². The molecule has 68 valence electrons. The van der Waals surface area contributed by atoms with Gasteiger partial charge < -0.3 is 9.15 Å². The van der Waals surface area contributed by atoms with E-state index in [-0.39, 0.29) is 5.35 Å². The van der Waals surface area contributed by atoms with Crippen molar-refractivity contribution in [2.75, 3.05) is 13.2 Å². The molecule has 0 saturated heterocycles. The Balaban J connectivity index is 2.15. The average Bonchev–Trinajstić information content (AvgIpc) is 2.45. The maximum atomic E-state index is 5.43. The molecule has 5 heteroatoms. The van der Waals surface area contributed by atoms with Gasteiger partial charge in [0.05, 0.1) is 0 Å². The number of rotatable bonds is 5. The van der Waals surface area contributed by atoms with Crippen molar-refractivity contribution in [3.63, 3.8) is 0 Å². The van der Waals surface area contributed by atoms with Crippen LogP contribution in [-0.2, 0) is 11.2 Å². The second kappa shape index (κ2) is 5.11. The number of halogens is 1. The highest BCUT2D eigenvalue weighted by molar-refractivity contribution is 6.27. The Morgan fingerprint density at radius 3 is 2.92 bits per heavy atom. The first-order valence-electron chi connectivity index (χ1n) is 3.88. The molecular weight excluding hydrogens is 180 g/mol. The number of ether oxygens (including phenoxy) is 1. The van der Waals surface area contributed by atoms with Crippen LogP contribution in [0.5, 0.6) is 0 Å². The molecule has 0 fully saturated rings. The van der Waals surface area contributed by atoms with Crippen LogP contribution < -0.4 is 0 Å². The maximum absolute atomic E-state index is 5.43. The molecule has 0 unspecified atom stereocenters.